The van der Waals surface area contributed by atoms with Crippen LogP contribution in [-0.2, 0) is 13.0 Å². The normalized spacial score (nSPS) is 11.0. The van der Waals surface area contributed by atoms with Crippen molar-refractivity contribution in [3.63, 3.8) is 0 Å². The molecule has 0 atom stereocenters. The van der Waals surface area contributed by atoms with Crippen LogP contribution in [0.3, 0.4) is 0 Å². The number of benzene rings is 2. The van der Waals surface area contributed by atoms with Gasteiger partial charge in [0.1, 0.15) is 5.75 Å². The average Bonchev–Trinajstić information content (AvgIpc) is 3.21. The number of aromatic nitrogens is 2. The molecule has 0 fully saturated rings. The van der Waals surface area contributed by atoms with E-state index in [1.165, 1.54) is 0 Å². The maximum absolute atomic E-state index is 6.02. The molecule has 2 aromatic carbocycles. The summed E-state index contributed by atoms with van der Waals surface area (Å²) in [6, 6.07) is 15.2. The largest absolute Gasteiger partial charge is 0.497 e. The minimum atomic E-state index is 0. The monoisotopic (exact) mass is 541 g/mol. The lowest BCUT2D eigenvalue weighted by Crippen LogP contribution is -2.38. The molecule has 0 saturated carbocycles. The van der Waals surface area contributed by atoms with Gasteiger partial charge in [-0.15, -0.1) is 24.0 Å². The first-order valence-electron chi connectivity index (χ1n) is 9.41. The Morgan fingerprint density at radius 1 is 1.17 bits per heavy atom. The summed E-state index contributed by atoms with van der Waals surface area (Å²) in [7, 11) is 1.66. The van der Waals surface area contributed by atoms with Crippen LogP contribution in [0.4, 0.5) is 0 Å². The zero-order valence-corrected chi connectivity index (χ0v) is 20.0. The van der Waals surface area contributed by atoms with Crippen LogP contribution in [-0.4, -0.2) is 36.3 Å². The summed E-state index contributed by atoms with van der Waals surface area (Å²) in [5.41, 5.74) is 1.90. The van der Waals surface area contributed by atoms with Gasteiger partial charge in [-0.05, 0) is 36.8 Å². The summed E-state index contributed by atoms with van der Waals surface area (Å²) in [6.07, 6.45) is 0.580. The molecule has 3 rings (SSSR count). The van der Waals surface area contributed by atoms with Crippen LogP contribution >= 0.6 is 35.6 Å². The van der Waals surface area contributed by atoms with Gasteiger partial charge in [-0.3, -0.25) is 0 Å². The molecule has 2 N–H and O–H groups in total. The standard InChI is InChI=1S/C21H24ClN5O2.HI/c1-3-23-21(25-14-15-6-4-9-18(12-15)28-2)24-11-10-19-26-20(27-29-19)16-7-5-8-17(22)13-16;/h4-9,12-13H,3,10-11,14H2,1-2H3,(H2,23,24,25);1H. The van der Waals surface area contributed by atoms with E-state index in [9.17, 15) is 0 Å². The molecular weight excluding hydrogens is 517 g/mol. The molecule has 0 unspecified atom stereocenters. The predicted octanol–water partition coefficient (Wildman–Crippen LogP) is 4.31. The van der Waals surface area contributed by atoms with Gasteiger partial charge in [0, 0.05) is 30.1 Å². The zero-order chi connectivity index (χ0) is 20.5. The maximum Gasteiger partial charge on any atom is 0.228 e. The third kappa shape index (κ3) is 7.17. The Morgan fingerprint density at radius 2 is 2.00 bits per heavy atom. The number of halogens is 2. The Hall–Kier alpha value is -2.33. The lowest BCUT2D eigenvalue weighted by Gasteiger charge is -2.10. The number of guanidine groups is 1. The third-order valence-corrected chi connectivity index (χ3v) is 4.32. The second-order valence-corrected chi connectivity index (χ2v) is 6.68. The molecule has 3 aromatic rings. The fourth-order valence-corrected chi connectivity index (χ4v) is 2.86. The summed E-state index contributed by atoms with van der Waals surface area (Å²) in [5, 5.41) is 11.2. The number of ether oxygens (including phenoxy) is 1. The van der Waals surface area contributed by atoms with E-state index in [1.807, 2.05) is 55.5 Å². The van der Waals surface area contributed by atoms with Crippen molar-refractivity contribution in [3.05, 3.63) is 65.0 Å². The minimum Gasteiger partial charge on any atom is -0.497 e. The maximum atomic E-state index is 6.02. The van der Waals surface area contributed by atoms with E-state index in [-0.39, 0.29) is 24.0 Å². The van der Waals surface area contributed by atoms with Gasteiger partial charge in [0.2, 0.25) is 11.7 Å². The van der Waals surface area contributed by atoms with Crippen LogP contribution in [0.2, 0.25) is 5.02 Å². The van der Waals surface area contributed by atoms with Crippen LogP contribution in [0.15, 0.2) is 58.0 Å². The van der Waals surface area contributed by atoms with Gasteiger partial charge in [-0.2, -0.15) is 4.98 Å². The first kappa shape index (κ1) is 23.9. The van der Waals surface area contributed by atoms with Crippen molar-refractivity contribution in [2.75, 3.05) is 20.2 Å². The fraction of sp³-hybridized carbons (Fsp3) is 0.286. The molecule has 0 aliphatic carbocycles. The van der Waals surface area contributed by atoms with Crippen molar-refractivity contribution >= 4 is 41.5 Å². The van der Waals surface area contributed by atoms with E-state index < -0.39 is 0 Å². The number of nitrogens with zero attached hydrogens (tertiary/aromatic N) is 3. The molecule has 0 aliphatic rings. The van der Waals surface area contributed by atoms with Gasteiger partial charge in [0.05, 0.1) is 13.7 Å². The molecule has 0 radical (unpaired) electrons. The van der Waals surface area contributed by atoms with Gasteiger partial charge >= 0.3 is 0 Å². The van der Waals surface area contributed by atoms with Crippen LogP contribution in [0.25, 0.3) is 11.4 Å². The van der Waals surface area contributed by atoms with Crippen LogP contribution < -0.4 is 15.4 Å². The molecule has 1 heterocycles. The molecule has 9 heteroatoms. The number of hydrogen-bond donors (Lipinski definition) is 2. The quantitative estimate of drug-likeness (QED) is 0.251. The SMILES string of the molecule is CCNC(=NCc1cccc(OC)c1)NCCc1nc(-c2cccc(Cl)c2)no1.I. The van der Waals surface area contributed by atoms with Gasteiger partial charge in [0.15, 0.2) is 5.96 Å². The van der Waals surface area contributed by atoms with Gasteiger partial charge in [-0.25, -0.2) is 4.99 Å². The Kier molecular flexibility index (Phi) is 9.88. The van der Waals surface area contributed by atoms with Crippen molar-refractivity contribution < 1.29 is 9.26 Å². The highest BCUT2D eigenvalue weighted by atomic mass is 127. The lowest BCUT2D eigenvalue weighted by molar-refractivity contribution is 0.378. The first-order valence-corrected chi connectivity index (χ1v) is 9.79. The highest BCUT2D eigenvalue weighted by Crippen LogP contribution is 2.20. The van der Waals surface area contributed by atoms with Crippen molar-refractivity contribution in [2.45, 2.75) is 19.9 Å². The Morgan fingerprint density at radius 3 is 2.77 bits per heavy atom. The van der Waals surface area contributed by atoms with E-state index in [4.69, 9.17) is 20.9 Å². The smallest absolute Gasteiger partial charge is 0.228 e. The van der Waals surface area contributed by atoms with E-state index >= 15 is 0 Å². The van der Waals surface area contributed by atoms with Crippen molar-refractivity contribution in [3.8, 4) is 17.1 Å². The minimum absolute atomic E-state index is 0. The molecule has 7 nitrogen and oxygen atoms in total. The molecule has 0 aliphatic heterocycles. The van der Waals surface area contributed by atoms with E-state index in [0.717, 1.165) is 29.4 Å². The van der Waals surface area contributed by atoms with Crippen LogP contribution in [0.5, 0.6) is 5.75 Å². The Balaban J connectivity index is 0.00000320. The predicted molar refractivity (Wildman–Crippen MR) is 130 cm³/mol. The first-order chi connectivity index (χ1) is 14.2. The molecule has 0 spiro atoms. The number of methoxy groups -OCH3 is 1. The molecule has 0 saturated heterocycles. The van der Waals surface area contributed by atoms with Gasteiger partial charge in [-0.1, -0.05) is 41.0 Å². The molecule has 30 heavy (non-hydrogen) atoms. The van der Waals surface area contributed by atoms with Crippen LogP contribution in [0, 0.1) is 0 Å². The van der Waals surface area contributed by atoms with Gasteiger partial charge in [0.25, 0.3) is 0 Å². The third-order valence-electron chi connectivity index (χ3n) is 4.08. The average molecular weight is 542 g/mol. The lowest BCUT2D eigenvalue weighted by atomic mass is 10.2. The highest BCUT2D eigenvalue weighted by Gasteiger charge is 2.09. The van der Waals surface area contributed by atoms with E-state index in [0.29, 0.717) is 36.2 Å². The Labute approximate surface area is 198 Å². The number of nitrogens with one attached hydrogen (secondary N) is 2. The highest BCUT2D eigenvalue weighted by molar-refractivity contribution is 14.0. The molecule has 1 aromatic heterocycles. The van der Waals surface area contributed by atoms with E-state index in [2.05, 4.69) is 25.8 Å². The molecule has 160 valence electrons. The van der Waals surface area contributed by atoms with Crippen LogP contribution in [0.1, 0.15) is 18.4 Å². The van der Waals surface area contributed by atoms with Gasteiger partial charge < -0.3 is 19.9 Å². The fourth-order valence-electron chi connectivity index (χ4n) is 2.67. The second kappa shape index (κ2) is 12.4. The van der Waals surface area contributed by atoms with Crippen molar-refractivity contribution in [1.29, 1.82) is 0 Å². The number of hydrogen-bond acceptors (Lipinski definition) is 5. The molecular formula is C21H25ClIN5O2. The zero-order valence-electron chi connectivity index (χ0n) is 16.9. The second-order valence-electron chi connectivity index (χ2n) is 6.25. The summed E-state index contributed by atoms with van der Waals surface area (Å²) >= 11 is 6.02. The Bertz CT molecular complexity index is 964. The van der Waals surface area contributed by atoms with Crippen molar-refractivity contribution in [2.24, 2.45) is 4.99 Å². The molecule has 0 bridgehead atoms. The topological polar surface area (TPSA) is 84.6 Å². The summed E-state index contributed by atoms with van der Waals surface area (Å²) in [6.45, 7) is 3.95. The van der Waals surface area contributed by atoms with Crippen molar-refractivity contribution in [1.82, 2.24) is 20.8 Å². The molecule has 0 amide bonds. The number of rotatable bonds is 8. The summed E-state index contributed by atoms with van der Waals surface area (Å²) in [4.78, 5) is 9.04. The number of aliphatic imine (C=N–C) groups is 1. The summed E-state index contributed by atoms with van der Waals surface area (Å²) < 4.78 is 10.6. The summed E-state index contributed by atoms with van der Waals surface area (Å²) in [5.74, 6) is 2.63. The van der Waals surface area contributed by atoms with E-state index in [1.54, 1.807) is 7.11 Å².